The molecule has 2 aromatic heterocycles. The van der Waals surface area contributed by atoms with E-state index in [-0.39, 0.29) is 24.3 Å². The van der Waals surface area contributed by atoms with Gasteiger partial charge in [0.05, 0.1) is 24.5 Å². The van der Waals surface area contributed by atoms with Crippen LogP contribution in [0, 0.1) is 11.3 Å². The molecule has 1 atom stereocenters. The fraction of sp³-hybridized carbons (Fsp3) is 0.294. The van der Waals surface area contributed by atoms with Crippen molar-refractivity contribution in [1.29, 1.82) is 5.26 Å². The molecule has 3 rings (SSSR count). The molecule has 1 aromatic carbocycles. The van der Waals surface area contributed by atoms with E-state index in [0.29, 0.717) is 11.3 Å². The highest BCUT2D eigenvalue weighted by Gasteiger charge is 2.16. The van der Waals surface area contributed by atoms with Crippen LogP contribution in [0.2, 0.25) is 0 Å². The highest BCUT2D eigenvalue weighted by molar-refractivity contribution is 5.69. The number of aliphatic hydroxyl groups excluding tert-OH is 1. The van der Waals surface area contributed by atoms with E-state index in [2.05, 4.69) is 4.98 Å². The molecule has 3 aromatic rings. The van der Waals surface area contributed by atoms with E-state index in [1.165, 1.54) is 29.6 Å². The van der Waals surface area contributed by atoms with E-state index >= 15 is 0 Å². The molecule has 0 fully saturated rings. The maximum absolute atomic E-state index is 12.4. The van der Waals surface area contributed by atoms with Gasteiger partial charge >= 0.3 is 5.69 Å². The summed E-state index contributed by atoms with van der Waals surface area (Å²) < 4.78 is 9.28. The minimum Gasteiger partial charge on any atom is -0.491 e. The minimum absolute atomic E-state index is 0.00233. The van der Waals surface area contributed by atoms with Crippen molar-refractivity contribution in [2.24, 2.45) is 14.1 Å². The van der Waals surface area contributed by atoms with Crippen molar-refractivity contribution in [3.05, 3.63) is 57.0 Å². The van der Waals surface area contributed by atoms with Crippen molar-refractivity contribution < 1.29 is 9.84 Å². The first-order valence-corrected chi connectivity index (χ1v) is 7.84. The van der Waals surface area contributed by atoms with Crippen LogP contribution in [0.25, 0.3) is 11.2 Å². The van der Waals surface area contributed by atoms with Gasteiger partial charge in [0.1, 0.15) is 18.5 Å². The van der Waals surface area contributed by atoms with Crippen LogP contribution in [0.5, 0.6) is 5.75 Å². The smallest absolute Gasteiger partial charge is 0.332 e. The van der Waals surface area contributed by atoms with Crippen LogP contribution >= 0.6 is 0 Å². The molecule has 134 valence electrons. The Morgan fingerprint density at radius 1 is 1.23 bits per heavy atom. The second-order valence-corrected chi connectivity index (χ2v) is 5.88. The molecule has 0 amide bonds. The average Bonchev–Trinajstić information content (AvgIpc) is 3.07. The summed E-state index contributed by atoms with van der Waals surface area (Å²) in [5.41, 5.74) is 0.0906. The van der Waals surface area contributed by atoms with Crippen molar-refractivity contribution >= 4 is 11.2 Å². The molecule has 2 heterocycles. The normalized spacial score (nSPS) is 12.1. The summed E-state index contributed by atoms with van der Waals surface area (Å²) in [6.45, 7) is 0.0812. The lowest BCUT2D eigenvalue weighted by atomic mass is 10.2. The lowest BCUT2D eigenvalue weighted by molar-refractivity contribution is 0.0933. The monoisotopic (exact) mass is 355 g/mol. The summed E-state index contributed by atoms with van der Waals surface area (Å²) in [7, 11) is 2.93. The first-order valence-electron chi connectivity index (χ1n) is 7.84. The largest absolute Gasteiger partial charge is 0.491 e. The van der Waals surface area contributed by atoms with E-state index in [0.717, 1.165) is 4.57 Å². The number of benzene rings is 1. The lowest BCUT2D eigenvalue weighted by Crippen LogP contribution is -2.38. The number of hydrogen-bond donors (Lipinski definition) is 1. The third-order valence-corrected chi connectivity index (χ3v) is 4.05. The van der Waals surface area contributed by atoms with Gasteiger partial charge in [-0.05, 0) is 24.3 Å². The van der Waals surface area contributed by atoms with Crippen molar-refractivity contribution in [2.75, 3.05) is 6.61 Å². The molecular formula is C17H17N5O4. The molecule has 1 unspecified atom stereocenters. The first-order chi connectivity index (χ1) is 12.4. The summed E-state index contributed by atoms with van der Waals surface area (Å²) in [6, 6.07) is 8.54. The van der Waals surface area contributed by atoms with Gasteiger partial charge in [0.15, 0.2) is 11.2 Å². The zero-order chi connectivity index (χ0) is 18.8. The highest BCUT2D eigenvalue weighted by Crippen LogP contribution is 2.12. The van der Waals surface area contributed by atoms with Crippen LogP contribution in [0.15, 0.2) is 40.2 Å². The Morgan fingerprint density at radius 2 is 1.92 bits per heavy atom. The van der Waals surface area contributed by atoms with Crippen LogP contribution < -0.4 is 16.0 Å². The van der Waals surface area contributed by atoms with Gasteiger partial charge in [0.25, 0.3) is 5.56 Å². The molecule has 0 aliphatic heterocycles. The third-order valence-electron chi connectivity index (χ3n) is 4.05. The molecular weight excluding hydrogens is 338 g/mol. The minimum atomic E-state index is -0.898. The molecule has 26 heavy (non-hydrogen) atoms. The SMILES string of the molecule is Cn1c(=O)c2c(ncn2CC(O)COc2ccc(C#N)cc2)n(C)c1=O. The summed E-state index contributed by atoms with van der Waals surface area (Å²) in [5, 5.41) is 19.0. The number of hydrogen-bond acceptors (Lipinski definition) is 6. The third kappa shape index (κ3) is 3.10. The molecule has 0 saturated heterocycles. The van der Waals surface area contributed by atoms with Crippen molar-refractivity contribution in [2.45, 2.75) is 12.6 Å². The number of aliphatic hydroxyl groups is 1. The van der Waals surface area contributed by atoms with E-state index in [9.17, 15) is 14.7 Å². The van der Waals surface area contributed by atoms with E-state index in [1.807, 2.05) is 6.07 Å². The molecule has 9 heteroatoms. The van der Waals surface area contributed by atoms with Gasteiger partial charge in [-0.3, -0.25) is 13.9 Å². The highest BCUT2D eigenvalue weighted by atomic mass is 16.5. The topological polar surface area (TPSA) is 115 Å². The number of aryl methyl sites for hydroxylation is 1. The summed E-state index contributed by atoms with van der Waals surface area (Å²) in [4.78, 5) is 28.4. The second kappa shape index (κ2) is 6.85. The number of fused-ring (bicyclic) bond motifs is 1. The van der Waals surface area contributed by atoms with Crippen LogP contribution in [-0.4, -0.2) is 36.5 Å². The fourth-order valence-corrected chi connectivity index (χ4v) is 2.63. The van der Waals surface area contributed by atoms with Gasteiger partial charge in [0.2, 0.25) is 0 Å². The van der Waals surface area contributed by atoms with Crippen LogP contribution in [0.4, 0.5) is 0 Å². The lowest BCUT2D eigenvalue weighted by Gasteiger charge is -2.13. The standard InChI is InChI=1S/C17H17N5O4/c1-20-15-14(16(24)21(2)17(20)25)22(10-19-15)8-12(23)9-26-13-5-3-11(7-18)4-6-13/h3-6,10,12,23H,8-9H2,1-2H3. The predicted octanol–water partition coefficient (Wildman–Crippen LogP) is -0.255. The molecule has 0 bridgehead atoms. The number of imidazole rings is 1. The number of ether oxygens (including phenoxy) is 1. The Balaban J connectivity index is 1.77. The Morgan fingerprint density at radius 3 is 2.58 bits per heavy atom. The molecule has 0 aliphatic rings. The van der Waals surface area contributed by atoms with Gasteiger partial charge < -0.3 is 14.4 Å². The quantitative estimate of drug-likeness (QED) is 0.675. The molecule has 0 saturated carbocycles. The van der Waals surface area contributed by atoms with Gasteiger partial charge in [-0.2, -0.15) is 5.26 Å². The molecule has 0 radical (unpaired) electrons. The predicted molar refractivity (Wildman–Crippen MR) is 92.9 cm³/mol. The van der Waals surface area contributed by atoms with Crippen LogP contribution in [0.1, 0.15) is 5.56 Å². The number of rotatable bonds is 5. The van der Waals surface area contributed by atoms with E-state index in [1.54, 1.807) is 24.3 Å². The Kier molecular flexibility index (Phi) is 4.60. The second-order valence-electron chi connectivity index (χ2n) is 5.88. The Hall–Kier alpha value is -3.38. The Labute approximate surface area is 147 Å². The first kappa shape index (κ1) is 17.4. The fourth-order valence-electron chi connectivity index (χ4n) is 2.63. The van der Waals surface area contributed by atoms with E-state index in [4.69, 9.17) is 10.00 Å². The van der Waals surface area contributed by atoms with E-state index < -0.39 is 17.4 Å². The van der Waals surface area contributed by atoms with Crippen LogP contribution in [-0.2, 0) is 20.6 Å². The molecule has 9 nitrogen and oxygen atoms in total. The van der Waals surface area contributed by atoms with Crippen LogP contribution in [0.3, 0.4) is 0 Å². The molecule has 0 aliphatic carbocycles. The zero-order valence-corrected chi connectivity index (χ0v) is 14.3. The maximum atomic E-state index is 12.4. The van der Waals surface area contributed by atoms with Gasteiger partial charge in [-0.25, -0.2) is 9.78 Å². The number of nitriles is 1. The molecule has 0 spiro atoms. The number of nitrogens with zero attached hydrogens (tertiary/aromatic N) is 5. The van der Waals surface area contributed by atoms with Gasteiger partial charge in [-0.15, -0.1) is 0 Å². The van der Waals surface area contributed by atoms with Gasteiger partial charge in [-0.1, -0.05) is 0 Å². The summed E-state index contributed by atoms with van der Waals surface area (Å²) >= 11 is 0. The Bertz CT molecular complexity index is 1100. The van der Waals surface area contributed by atoms with Crippen molar-refractivity contribution in [3.63, 3.8) is 0 Å². The zero-order valence-electron chi connectivity index (χ0n) is 14.3. The van der Waals surface area contributed by atoms with Crippen molar-refractivity contribution in [1.82, 2.24) is 18.7 Å². The van der Waals surface area contributed by atoms with Gasteiger partial charge in [0, 0.05) is 14.1 Å². The van der Waals surface area contributed by atoms with Crippen molar-refractivity contribution in [3.8, 4) is 11.8 Å². The maximum Gasteiger partial charge on any atom is 0.332 e. The summed E-state index contributed by atoms with van der Waals surface area (Å²) in [5.74, 6) is 0.525. The average molecular weight is 355 g/mol. The molecule has 1 N–H and O–H groups in total. The number of aromatic nitrogens is 4. The summed E-state index contributed by atoms with van der Waals surface area (Å²) in [6.07, 6.45) is 0.515.